The third-order valence-corrected chi connectivity index (χ3v) is 5.24. The summed E-state index contributed by atoms with van der Waals surface area (Å²) < 4.78 is 13.2. The van der Waals surface area contributed by atoms with Crippen molar-refractivity contribution in [2.75, 3.05) is 12.9 Å². The van der Waals surface area contributed by atoms with Crippen LogP contribution in [0.4, 0.5) is 0 Å². The van der Waals surface area contributed by atoms with Gasteiger partial charge in [0.05, 0.1) is 12.9 Å². The number of benzene rings is 1. The first-order valence-corrected chi connectivity index (χ1v) is 10.5. The molecule has 28 heavy (non-hydrogen) atoms. The van der Waals surface area contributed by atoms with Crippen molar-refractivity contribution in [1.29, 1.82) is 0 Å². The molecule has 2 rings (SSSR count). The molecule has 0 aliphatic heterocycles. The number of ether oxygens (including phenoxy) is 2. The van der Waals surface area contributed by atoms with Gasteiger partial charge in [0, 0.05) is 12.1 Å². The molecule has 0 saturated carbocycles. The molecule has 0 aliphatic carbocycles. The Morgan fingerprint density at radius 1 is 1.14 bits per heavy atom. The van der Waals surface area contributed by atoms with E-state index in [9.17, 15) is 4.79 Å². The molecule has 0 radical (unpaired) electrons. The number of carbonyl (C=O) groups excluding carboxylic acids is 1. The third-order valence-electron chi connectivity index (χ3n) is 4.30. The van der Waals surface area contributed by atoms with E-state index in [4.69, 9.17) is 9.47 Å². The maximum absolute atomic E-state index is 12.1. The number of hydrogen-bond donors (Lipinski definition) is 1. The van der Waals surface area contributed by atoms with Crippen molar-refractivity contribution in [3.63, 3.8) is 0 Å². The largest absolute Gasteiger partial charge is 0.497 e. The summed E-state index contributed by atoms with van der Waals surface area (Å²) in [7, 11) is 1.63. The summed E-state index contributed by atoms with van der Waals surface area (Å²) >= 11 is 1.39. The maximum Gasteiger partial charge on any atom is 0.230 e. The van der Waals surface area contributed by atoms with Crippen molar-refractivity contribution < 1.29 is 14.3 Å². The Morgan fingerprint density at radius 3 is 2.36 bits per heavy atom. The molecular formula is C20H30N4O3S. The van der Waals surface area contributed by atoms with Gasteiger partial charge in [0.1, 0.15) is 11.5 Å². The van der Waals surface area contributed by atoms with E-state index in [0.29, 0.717) is 5.75 Å². The number of carbonyl (C=O) groups is 1. The number of methoxy groups -OCH3 is 1. The number of nitrogens with zero attached hydrogens (tertiary/aromatic N) is 3. The van der Waals surface area contributed by atoms with Crippen LogP contribution < -0.4 is 14.8 Å². The highest BCUT2D eigenvalue weighted by atomic mass is 32.2. The second-order valence-corrected chi connectivity index (χ2v) is 7.85. The van der Waals surface area contributed by atoms with Gasteiger partial charge in [0.2, 0.25) is 5.91 Å². The number of nitrogens with one attached hydrogen (secondary N) is 1. The topological polar surface area (TPSA) is 78.3 Å². The van der Waals surface area contributed by atoms with E-state index in [1.807, 2.05) is 49.6 Å². The molecule has 1 N–H and O–H groups in total. The lowest BCUT2D eigenvalue weighted by Crippen LogP contribution is -2.33. The molecule has 1 aromatic heterocycles. The van der Waals surface area contributed by atoms with Gasteiger partial charge >= 0.3 is 0 Å². The summed E-state index contributed by atoms with van der Waals surface area (Å²) in [4.78, 5) is 12.1. The zero-order valence-corrected chi connectivity index (χ0v) is 18.2. The number of amides is 1. The first-order valence-electron chi connectivity index (χ1n) is 9.53. The van der Waals surface area contributed by atoms with E-state index in [2.05, 4.69) is 29.4 Å². The van der Waals surface area contributed by atoms with E-state index >= 15 is 0 Å². The van der Waals surface area contributed by atoms with Gasteiger partial charge in [-0.25, -0.2) is 0 Å². The summed E-state index contributed by atoms with van der Waals surface area (Å²) in [5.41, 5.74) is 0. The van der Waals surface area contributed by atoms with Crippen molar-refractivity contribution in [1.82, 2.24) is 20.1 Å². The minimum absolute atomic E-state index is 0.00161. The number of hydrogen-bond acceptors (Lipinski definition) is 6. The van der Waals surface area contributed by atoms with Crippen LogP contribution in [0.3, 0.4) is 0 Å². The fourth-order valence-corrected chi connectivity index (χ4v) is 3.49. The Labute approximate surface area is 171 Å². The van der Waals surface area contributed by atoms with Crippen LogP contribution in [0.5, 0.6) is 11.5 Å². The predicted octanol–water partition coefficient (Wildman–Crippen LogP) is 4.01. The Bertz CT molecular complexity index is 761. The van der Waals surface area contributed by atoms with Crippen LogP contribution in [0.15, 0.2) is 29.4 Å². The summed E-state index contributed by atoms with van der Waals surface area (Å²) in [5, 5.41) is 12.3. The number of rotatable bonds is 10. The van der Waals surface area contributed by atoms with E-state index in [-0.39, 0.29) is 24.1 Å². The summed E-state index contributed by atoms with van der Waals surface area (Å²) in [6, 6.07) is 7.75. The van der Waals surface area contributed by atoms with Crippen LogP contribution >= 0.6 is 11.8 Å². The van der Waals surface area contributed by atoms with Gasteiger partial charge < -0.3 is 19.4 Å². The van der Waals surface area contributed by atoms with Gasteiger partial charge in [0.25, 0.3) is 0 Å². The molecule has 2 atom stereocenters. The van der Waals surface area contributed by atoms with Crippen LogP contribution in [0, 0.1) is 0 Å². The quantitative estimate of drug-likeness (QED) is 0.601. The lowest BCUT2D eigenvalue weighted by atomic mass is 10.3. The lowest BCUT2D eigenvalue weighted by molar-refractivity contribution is -0.119. The molecule has 1 aromatic carbocycles. The van der Waals surface area contributed by atoms with Crippen molar-refractivity contribution in [2.45, 2.75) is 64.4 Å². The van der Waals surface area contributed by atoms with E-state index in [1.54, 1.807) is 7.11 Å². The minimum atomic E-state index is -0.286. The molecule has 1 amide bonds. The van der Waals surface area contributed by atoms with Gasteiger partial charge in [0.15, 0.2) is 17.1 Å². The summed E-state index contributed by atoms with van der Waals surface area (Å²) in [6.45, 7) is 10.1. The first kappa shape index (κ1) is 22.1. The van der Waals surface area contributed by atoms with Crippen LogP contribution in [0.2, 0.25) is 0 Å². The molecule has 2 unspecified atom stereocenters. The Hall–Kier alpha value is -2.22. The maximum atomic E-state index is 12.1. The van der Waals surface area contributed by atoms with Crippen molar-refractivity contribution in [3.8, 4) is 11.5 Å². The van der Waals surface area contributed by atoms with Crippen molar-refractivity contribution >= 4 is 17.7 Å². The highest BCUT2D eigenvalue weighted by Crippen LogP contribution is 2.28. The zero-order chi connectivity index (χ0) is 20.7. The van der Waals surface area contributed by atoms with Gasteiger partial charge in [-0.15, -0.1) is 10.2 Å². The smallest absolute Gasteiger partial charge is 0.230 e. The molecule has 0 bridgehead atoms. The Morgan fingerprint density at radius 2 is 1.79 bits per heavy atom. The Balaban J connectivity index is 2.08. The van der Waals surface area contributed by atoms with Crippen molar-refractivity contribution in [2.24, 2.45) is 0 Å². The SMILES string of the molecule is CCC(C)NC(=O)CSc1nnc(C(C)Oc2ccc(OC)cc2)n1C(C)C. The second-order valence-electron chi connectivity index (χ2n) is 6.91. The molecule has 0 saturated heterocycles. The molecule has 0 aliphatic rings. The fraction of sp³-hybridized carbons (Fsp3) is 0.550. The molecule has 1 heterocycles. The van der Waals surface area contributed by atoms with Gasteiger partial charge in [-0.05, 0) is 58.4 Å². The van der Waals surface area contributed by atoms with E-state index in [0.717, 1.165) is 28.9 Å². The first-order chi connectivity index (χ1) is 13.3. The monoisotopic (exact) mass is 406 g/mol. The Kier molecular flexibility index (Phi) is 8.17. The van der Waals surface area contributed by atoms with Crippen molar-refractivity contribution in [3.05, 3.63) is 30.1 Å². The number of thioether (sulfide) groups is 1. The summed E-state index contributed by atoms with van der Waals surface area (Å²) in [5.74, 6) is 2.55. The van der Waals surface area contributed by atoms with Gasteiger partial charge in [-0.3, -0.25) is 4.79 Å². The fourth-order valence-electron chi connectivity index (χ4n) is 2.61. The van der Waals surface area contributed by atoms with Gasteiger partial charge in [-0.1, -0.05) is 18.7 Å². The lowest BCUT2D eigenvalue weighted by Gasteiger charge is -2.19. The molecule has 2 aromatic rings. The third kappa shape index (κ3) is 5.89. The second kappa shape index (κ2) is 10.4. The molecule has 0 fully saturated rings. The van der Waals surface area contributed by atoms with E-state index < -0.39 is 0 Å². The molecule has 8 heteroatoms. The minimum Gasteiger partial charge on any atom is -0.497 e. The molecular weight excluding hydrogens is 376 g/mol. The number of aromatic nitrogens is 3. The zero-order valence-electron chi connectivity index (χ0n) is 17.4. The highest BCUT2D eigenvalue weighted by Gasteiger charge is 2.22. The van der Waals surface area contributed by atoms with Crippen LogP contribution in [0.1, 0.15) is 59.0 Å². The molecule has 0 spiro atoms. The standard InChI is InChI=1S/C20H30N4O3S/c1-7-14(4)21-18(25)12-28-20-23-22-19(24(20)13(2)3)15(5)27-17-10-8-16(26-6)9-11-17/h8-11,13-15H,7,12H2,1-6H3,(H,21,25). The van der Waals surface area contributed by atoms with Crippen LogP contribution in [0.25, 0.3) is 0 Å². The average molecular weight is 407 g/mol. The van der Waals surface area contributed by atoms with Crippen LogP contribution in [-0.4, -0.2) is 39.6 Å². The molecule has 154 valence electrons. The summed E-state index contributed by atoms with van der Waals surface area (Å²) in [6.07, 6.45) is 0.620. The normalized spacial score (nSPS) is 13.2. The van der Waals surface area contributed by atoms with Gasteiger partial charge in [-0.2, -0.15) is 0 Å². The van der Waals surface area contributed by atoms with Crippen LogP contribution in [-0.2, 0) is 4.79 Å². The average Bonchev–Trinajstić information content (AvgIpc) is 3.11. The predicted molar refractivity (Wildman–Crippen MR) is 111 cm³/mol. The molecule has 7 nitrogen and oxygen atoms in total. The highest BCUT2D eigenvalue weighted by molar-refractivity contribution is 7.99. The van der Waals surface area contributed by atoms with E-state index in [1.165, 1.54) is 11.8 Å².